The molecule has 9 heteroatoms. The second kappa shape index (κ2) is 50.7. The molecular weight excluding hydrogens is 863 g/mol. The molecule has 0 saturated carbocycles. The van der Waals surface area contributed by atoms with Gasteiger partial charge in [-0.3, -0.25) is 4.79 Å². The summed E-state index contributed by atoms with van der Waals surface area (Å²) in [6.45, 7) is 3.88. The third kappa shape index (κ3) is 40.3. The van der Waals surface area contributed by atoms with Crippen LogP contribution in [-0.2, 0) is 14.3 Å². The number of hydrogen-bond acceptors (Lipinski definition) is 8. The van der Waals surface area contributed by atoms with Crippen molar-refractivity contribution in [3.63, 3.8) is 0 Å². The van der Waals surface area contributed by atoms with E-state index in [2.05, 4.69) is 19.2 Å². The van der Waals surface area contributed by atoms with Crippen LogP contribution >= 0.6 is 0 Å². The van der Waals surface area contributed by atoms with Crippen LogP contribution in [0.5, 0.6) is 0 Å². The first-order valence-corrected chi connectivity index (χ1v) is 30.7. The van der Waals surface area contributed by atoms with Gasteiger partial charge in [0.2, 0.25) is 5.91 Å². The first-order chi connectivity index (χ1) is 33.8. The zero-order valence-corrected chi connectivity index (χ0v) is 45.9. The van der Waals surface area contributed by atoms with E-state index in [4.69, 9.17) is 9.47 Å². The van der Waals surface area contributed by atoms with Crippen LogP contribution in [0, 0.1) is 0 Å². The molecule has 412 valence electrons. The zero-order valence-electron chi connectivity index (χ0n) is 45.9. The maximum Gasteiger partial charge on any atom is 0.220 e. The van der Waals surface area contributed by atoms with Crippen LogP contribution in [0.2, 0.25) is 0 Å². The molecule has 7 atom stereocenters. The van der Waals surface area contributed by atoms with Crippen molar-refractivity contribution in [1.29, 1.82) is 0 Å². The van der Waals surface area contributed by atoms with Gasteiger partial charge < -0.3 is 40.3 Å². The van der Waals surface area contributed by atoms with Gasteiger partial charge in [-0.15, -0.1) is 0 Å². The number of hydrogen-bond donors (Lipinski definition) is 6. The topological polar surface area (TPSA) is 149 Å². The van der Waals surface area contributed by atoms with Gasteiger partial charge >= 0.3 is 0 Å². The number of aliphatic hydroxyl groups excluding tert-OH is 5. The lowest BCUT2D eigenvalue weighted by molar-refractivity contribution is -0.302. The summed E-state index contributed by atoms with van der Waals surface area (Å²) in [4.78, 5) is 13.1. The number of unbranched alkanes of at least 4 members (excludes halogenated alkanes) is 44. The van der Waals surface area contributed by atoms with Gasteiger partial charge in [0.15, 0.2) is 6.29 Å². The molecule has 1 amide bonds. The fourth-order valence-corrected chi connectivity index (χ4v) is 10.3. The minimum atomic E-state index is -1.55. The van der Waals surface area contributed by atoms with E-state index in [0.29, 0.717) is 12.8 Å². The number of rotatable bonds is 54. The SMILES string of the molecule is CCCCCCCCCCCCCCCCCCCCCCCCCCCCCCCCCC(O)C(COC1OC(CO)C(O)C(O)C1O)NC(=O)CCCCCCCCCCCCCCCCC. The summed E-state index contributed by atoms with van der Waals surface area (Å²) in [5, 5.41) is 54.7. The summed E-state index contributed by atoms with van der Waals surface area (Å²) in [5.74, 6) is -0.137. The van der Waals surface area contributed by atoms with E-state index in [-0.39, 0.29) is 12.5 Å². The average Bonchev–Trinajstić information content (AvgIpc) is 3.35. The van der Waals surface area contributed by atoms with Crippen LogP contribution in [0.15, 0.2) is 0 Å². The minimum Gasteiger partial charge on any atom is -0.394 e. The van der Waals surface area contributed by atoms with Gasteiger partial charge in [-0.05, 0) is 12.8 Å². The molecule has 1 aliphatic rings. The molecule has 1 heterocycles. The van der Waals surface area contributed by atoms with Crippen molar-refractivity contribution in [2.45, 2.75) is 365 Å². The molecule has 6 N–H and O–H groups in total. The quantitative estimate of drug-likeness (QED) is 0.0330. The van der Waals surface area contributed by atoms with Crippen LogP contribution in [0.3, 0.4) is 0 Å². The summed E-state index contributed by atoms with van der Waals surface area (Å²) in [7, 11) is 0. The highest BCUT2D eigenvalue weighted by molar-refractivity contribution is 5.76. The van der Waals surface area contributed by atoms with Gasteiger partial charge in [0.25, 0.3) is 0 Å². The highest BCUT2D eigenvalue weighted by atomic mass is 16.7. The number of nitrogens with one attached hydrogen (secondary N) is 1. The van der Waals surface area contributed by atoms with Crippen LogP contribution in [0.25, 0.3) is 0 Å². The monoisotopic (exact) mass is 982 g/mol. The molecule has 0 bridgehead atoms. The Morgan fingerprint density at radius 1 is 0.435 bits per heavy atom. The fourth-order valence-electron chi connectivity index (χ4n) is 10.3. The Kier molecular flexibility index (Phi) is 48.7. The minimum absolute atomic E-state index is 0.131. The molecule has 69 heavy (non-hydrogen) atoms. The molecule has 0 aromatic heterocycles. The van der Waals surface area contributed by atoms with E-state index in [1.165, 1.54) is 257 Å². The van der Waals surface area contributed by atoms with Gasteiger partial charge in [0.1, 0.15) is 24.4 Å². The first-order valence-electron chi connectivity index (χ1n) is 30.7. The Labute approximate surface area is 427 Å². The third-order valence-corrected chi connectivity index (χ3v) is 15.2. The molecule has 1 saturated heterocycles. The average molecular weight is 983 g/mol. The Balaban J connectivity index is 2.10. The van der Waals surface area contributed by atoms with Gasteiger partial charge in [-0.1, -0.05) is 303 Å². The highest BCUT2D eigenvalue weighted by Gasteiger charge is 2.44. The first kappa shape index (κ1) is 66.2. The van der Waals surface area contributed by atoms with E-state index in [0.717, 1.165) is 38.5 Å². The Bertz CT molecular complexity index is 1050. The Morgan fingerprint density at radius 2 is 0.725 bits per heavy atom. The van der Waals surface area contributed by atoms with Gasteiger partial charge in [-0.2, -0.15) is 0 Å². The number of aliphatic hydroxyl groups is 5. The predicted octanol–water partition coefficient (Wildman–Crippen LogP) is 15.4. The molecule has 7 unspecified atom stereocenters. The maximum atomic E-state index is 13.1. The summed E-state index contributed by atoms with van der Waals surface area (Å²) >= 11 is 0. The number of carbonyl (C=O) groups is 1. The zero-order chi connectivity index (χ0) is 50.1. The number of ether oxygens (including phenoxy) is 2. The summed E-state index contributed by atoms with van der Waals surface area (Å²) in [6.07, 6.45) is 54.4. The molecule has 9 nitrogen and oxygen atoms in total. The second-order valence-electron chi connectivity index (χ2n) is 21.9. The van der Waals surface area contributed by atoms with Crippen molar-refractivity contribution < 1.29 is 39.8 Å². The van der Waals surface area contributed by atoms with Crippen LogP contribution < -0.4 is 5.32 Å². The third-order valence-electron chi connectivity index (χ3n) is 15.2. The Hall–Kier alpha value is -0.810. The van der Waals surface area contributed by atoms with Crippen molar-refractivity contribution in [2.24, 2.45) is 0 Å². The molecular formula is C60H119NO8. The second-order valence-corrected chi connectivity index (χ2v) is 21.9. The normalized spacial score (nSPS) is 19.3. The van der Waals surface area contributed by atoms with Gasteiger partial charge in [0, 0.05) is 6.42 Å². The lowest BCUT2D eigenvalue weighted by atomic mass is 9.99. The lowest BCUT2D eigenvalue weighted by Gasteiger charge is -2.40. The maximum absolute atomic E-state index is 13.1. The van der Waals surface area contributed by atoms with E-state index in [1.807, 2.05) is 0 Å². The van der Waals surface area contributed by atoms with E-state index >= 15 is 0 Å². The van der Waals surface area contributed by atoms with E-state index < -0.39 is 49.5 Å². The van der Waals surface area contributed by atoms with E-state index in [1.54, 1.807) is 0 Å². The van der Waals surface area contributed by atoms with Crippen molar-refractivity contribution in [2.75, 3.05) is 13.2 Å². The fraction of sp³-hybridized carbons (Fsp3) is 0.983. The number of carbonyl (C=O) groups excluding carboxylic acids is 1. The van der Waals surface area contributed by atoms with Crippen LogP contribution in [-0.4, -0.2) is 87.5 Å². The predicted molar refractivity (Wildman–Crippen MR) is 291 cm³/mol. The van der Waals surface area contributed by atoms with Crippen molar-refractivity contribution in [1.82, 2.24) is 5.32 Å². The Morgan fingerprint density at radius 3 is 1.03 bits per heavy atom. The molecule has 0 aromatic rings. The molecule has 0 aliphatic carbocycles. The van der Waals surface area contributed by atoms with Crippen molar-refractivity contribution in [3.05, 3.63) is 0 Å². The molecule has 0 spiro atoms. The molecule has 1 fully saturated rings. The molecule has 1 aliphatic heterocycles. The standard InChI is InChI=1S/C60H119NO8/c1-3-5-7-9-11-13-15-17-19-20-21-22-23-24-25-26-27-28-29-30-31-32-33-34-36-37-39-41-43-45-47-49-54(63)53(52-68-60-59(67)58(66)57(65)55(51-62)69-60)61-56(64)50-48-46-44-42-40-38-35-18-16-14-12-10-8-6-4-2/h53-55,57-60,62-63,65-67H,3-52H2,1-2H3,(H,61,64). The summed E-state index contributed by atoms with van der Waals surface area (Å²) in [6, 6.07) is -0.713. The van der Waals surface area contributed by atoms with Gasteiger partial charge in [0.05, 0.1) is 25.4 Å². The molecule has 0 radical (unpaired) electrons. The highest BCUT2D eigenvalue weighted by Crippen LogP contribution is 2.24. The van der Waals surface area contributed by atoms with Crippen LogP contribution in [0.1, 0.15) is 322 Å². The molecule has 0 aromatic carbocycles. The van der Waals surface area contributed by atoms with Crippen molar-refractivity contribution >= 4 is 5.91 Å². The smallest absolute Gasteiger partial charge is 0.220 e. The van der Waals surface area contributed by atoms with Crippen molar-refractivity contribution in [3.8, 4) is 0 Å². The van der Waals surface area contributed by atoms with Gasteiger partial charge in [-0.25, -0.2) is 0 Å². The summed E-state index contributed by atoms with van der Waals surface area (Å²) < 4.78 is 11.3. The lowest BCUT2D eigenvalue weighted by Crippen LogP contribution is -2.60. The molecule has 1 rings (SSSR count). The summed E-state index contributed by atoms with van der Waals surface area (Å²) in [5.41, 5.74) is 0. The van der Waals surface area contributed by atoms with Crippen LogP contribution in [0.4, 0.5) is 0 Å². The largest absolute Gasteiger partial charge is 0.394 e. The van der Waals surface area contributed by atoms with E-state index in [9.17, 15) is 30.3 Å². The number of amides is 1.